The number of halogens is 1. The molecule has 0 spiro atoms. The third-order valence-corrected chi connectivity index (χ3v) is 4.23. The maximum absolute atomic E-state index is 13.8. The van der Waals surface area contributed by atoms with E-state index in [1.807, 2.05) is 60.7 Å². The summed E-state index contributed by atoms with van der Waals surface area (Å²) in [7, 11) is 0. The van der Waals surface area contributed by atoms with Crippen LogP contribution in [0.1, 0.15) is 16.1 Å². The molecule has 0 fully saturated rings. The predicted octanol–water partition coefficient (Wildman–Crippen LogP) is 4.74. The van der Waals surface area contributed by atoms with Crippen LogP contribution in [0.5, 0.6) is 0 Å². The molecule has 0 radical (unpaired) electrons. The number of fused-ring (bicyclic) bond motifs is 1. The first kappa shape index (κ1) is 16.7. The zero-order chi connectivity index (χ0) is 18.6. The minimum Gasteiger partial charge on any atom is -0.350 e. The number of carbonyl (C=O) groups is 1. The summed E-state index contributed by atoms with van der Waals surface area (Å²) in [5.74, 6) is -0.745. The molecule has 0 aliphatic carbocycles. The smallest absolute Gasteiger partial charge is 0.288 e. The quantitative estimate of drug-likeness (QED) is 0.402. The van der Waals surface area contributed by atoms with Crippen LogP contribution in [0.25, 0.3) is 22.0 Å². The van der Waals surface area contributed by atoms with Gasteiger partial charge in [-0.15, -0.1) is 0 Å². The number of hydrazone groups is 1. The van der Waals surface area contributed by atoms with Crippen LogP contribution in [0.15, 0.2) is 84.0 Å². The molecule has 1 amide bonds. The molecule has 1 heterocycles. The highest BCUT2D eigenvalue weighted by Crippen LogP contribution is 2.32. The van der Waals surface area contributed by atoms with Gasteiger partial charge in [0.1, 0.15) is 11.5 Å². The van der Waals surface area contributed by atoms with Crippen molar-refractivity contribution in [3.63, 3.8) is 0 Å². The summed E-state index contributed by atoms with van der Waals surface area (Å²) in [5, 5.41) is 4.67. The highest BCUT2D eigenvalue weighted by molar-refractivity contribution is 6.09. The summed E-state index contributed by atoms with van der Waals surface area (Å²) >= 11 is 0. The minimum absolute atomic E-state index is 0.340. The van der Waals surface area contributed by atoms with Gasteiger partial charge in [-0.25, -0.2) is 9.82 Å². The van der Waals surface area contributed by atoms with Crippen LogP contribution in [0, 0.1) is 5.82 Å². The number of carbonyl (C=O) groups excluding carboxylic acids is 1. The topological polar surface area (TPSA) is 57.2 Å². The second-order valence-electron chi connectivity index (χ2n) is 6.04. The van der Waals surface area contributed by atoms with E-state index in [9.17, 15) is 9.18 Å². The number of nitrogens with one attached hydrogen (secondary N) is 2. The first-order valence-corrected chi connectivity index (χ1v) is 8.47. The van der Waals surface area contributed by atoms with Crippen LogP contribution in [0.3, 0.4) is 0 Å². The Morgan fingerprint density at radius 1 is 0.963 bits per heavy atom. The number of hydrogen-bond acceptors (Lipinski definition) is 2. The van der Waals surface area contributed by atoms with Crippen molar-refractivity contribution in [2.45, 2.75) is 0 Å². The largest absolute Gasteiger partial charge is 0.350 e. The van der Waals surface area contributed by atoms with Gasteiger partial charge < -0.3 is 4.98 Å². The lowest BCUT2D eigenvalue weighted by molar-refractivity contribution is 0.0951. The van der Waals surface area contributed by atoms with E-state index in [0.717, 1.165) is 11.1 Å². The average Bonchev–Trinajstić information content (AvgIpc) is 3.08. The Labute approximate surface area is 155 Å². The Kier molecular flexibility index (Phi) is 4.49. The summed E-state index contributed by atoms with van der Waals surface area (Å²) in [6, 6.07) is 23.3. The molecule has 132 valence electrons. The third-order valence-electron chi connectivity index (χ3n) is 4.23. The molecule has 0 bridgehead atoms. The molecule has 5 heteroatoms. The van der Waals surface area contributed by atoms with Gasteiger partial charge in [0.05, 0.1) is 6.21 Å². The van der Waals surface area contributed by atoms with Crippen molar-refractivity contribution < 1.29 is 9.18 Å². The van der Waals surface area contributed by atoms with Gasteiger partial charge in [-0.1, -0.05) is 60.7 Å². The number of aromatic nitrogens is 1. The van der Waals surface area contributed by atoms with Gasteiger partial charge >= 0.3 is 0 Å². The summed E-state index contributed by atoms with van der Waals surface area (Å²) in [4.78, 5) is 15.8. The van der Waals surface area contributed by atoms with E-state index < -0.39 is 5.91 Å². The van der Waals surface area contributed by atoms with Crippen LogP contribution >= 0.6 is 0 Å². The van der Waals surface area contributed by atoms with Gasteiger partial charge in [-0.05, 0) is 29.3 Å². The Morgan fingerprint density at radius 2 is 1.67 bits per heavy atom. The van der Waals surface area contributed by atoms with E-state index in [1.54, 1.807) is 12.3 Å². The third kappa shape index (κ3) is 3.48. The zero-order valence-electron chi connectivity index (χ0n) is 14.3. The van der Waals surface area contributed by atoms with Crippen molar-refractivity contribution in [2.75, 3.05) is 0 Å². The standard InChI is InChI=1S/C22H16FN3O/c23-17-11-12-19-18(13-17)20(16-9-5-2-6-10-16)21(25-19)22(27)26-24-14-15-7-3-1-4-8-15/h1-14,25H,(H,26,27)/b24-14-. The van der Waals surface area contributed by atoms with Gasteiger partial charge in [0.25, 0.3) is 5.91 Å². The molecule has 3 aromatic carbocycles. The van der Waals surface area contributed by atoms with E-state index in [2.05, 4.69) is 15.5 Å². The maximum Gasteiger partial charge on any atom is 0.288 e. The monoisotopic (exact) mass is 357 g/mol. The second-order valence-corrected chi connectivity index (χ2v) is 6.04. The summed E-state index contributed by atoms with van der Waals surface area (Å²) in [6.45, 7) is 0. The van der Waals surface area contributed by atoms with Crippen molar-refractivity contribution in [3.05, 3.63) is 95.9 Å². The molecular formula is C22H16FN3O. The van der Waals surface area contributed by atoms with Gasteiger partial charge in [-0.3, -0.25) is 4.79 Å². The van der Waals surface area contributed by atoms with Crippen LogP contribution in [-0.2, 0) is 0 Å². The van der Waals surface area contributed by atoms with Crippen molar-refractivity contribution in [3.8, 4) is 11.1 Å². The van der Waals surface area contributed by atoms with Crippen molar-refractivity contribution in [2.24, 2.45) is 5.10 Å². The minimum atomic E-state index is -0.391. The Bertz CT molecular complexity index is 1120. The first-order valence-electron chi connectivity index (χ1n) is 8.47. The maximum atomic E-state index is 13.8. The number of benzene rings is 3. The van der Waals surface area contributed by atoms with Gasteiger partial charge in [-0.2, -0.15) is 5.10 Å². The summed E-state index contributed by atoms with van der Waals surface area (Å²) < 4.78 is 13.8. The fraction of sp³-hybridized carbons (Fsp3) is 0. The van der Waals surface area contributed by atoms with Crippen LogP contribution < -0.4 is 5.43 Å². The highest BCUT2D eigenvalue weighted by atomic mass is 19.1. The molecule has 2 N–H and O–H groups in total. The van der Waals surface area contributed by atoms with E-state index in [4.69, 9.17) is 0 Å². The van der Waals surface area contributed by atoms with E-state index in [1.165, 1.54) is 12.1 Å². The van der Waals surface area contributed by atoms with Crippen molar-refractivity contribution >= 4 is 23.0 Å². The molecule has 0 atom stereocenters. The summed E-state index contributed by atoms with van der Waals surface area (Å²) in [5.41, 5.74) is 5.92. The number of nitrogens with zero attached hydrogens (tertiary/aromatic N) is 1. The van der Waals surface area contributed by atoms with E-state index in [0.29, 0.717) is 22.2 Å². The predicted molar refractivity (Wildman–Crippen MR) is 105 cm³/mol. The molecule has 4 nitrogen and oxygen atoms in total. The molecule has 0 aliphatic heterocycles. The number of rotatable bonds is 4. The molecule has 0 aliphatic rings. The SMILES string of the molecule is O=C(N/N=C\c1ccccc1)c1[nH]c2ccc(F)cc2c1-c1ccccc1. The van der Waals surface area contributed by atoms with Crippen LogP contribution in [0.2, 0.25) is 0 Å². The highest BCUT2D eigenvalue weighted by Gasteiger charge is 2.19. The first-order chi connectivity index (χ1) is 13.2. The Hall–Kier alpha value is -3.73. The molecular weight excluding hydrogens is 341 g/mol. The normalized spacial score (nSPS) is 11.1. The van der Waals surface area contributed by atoms with Crippen LogP contribution in [-0.4, -0.2) is 17.1 Å². The molecule has 0 saturated carbocycles. The second kappa shape index (κ2) is 7.25. The molecule has 0 saturated heterocycles. The number of hydrogen-bond donors (Lipinski definition) is 2. The molecule has 1 aromatic heterocycles. The molecule has 0 unspecified atom stereocenters. The van der Waals surface area contributed by atoms with Crippen molar-refractivity contribution in [1.82, 2.24) is 10.4 Å². The van der Waals surface area contributed by atoms with Crippen LogP contribution in [0.4, 0.5) is 4.39 Å². The van der Waals surface area contributed by atoms with Gasteiger partial charge in [0, 0.05) is 16.5 Å². The lowest BCUT2D eigenvalue weighted by Crippen LogP contribution is -2.18. The van der Waals surface area contributed by atoms with Gasteiger partial charge in [0.15, 0.2) is 0 Å². The number of amides is 1. The van der Waals surface area contributed by atoms with E-state index in [-0.39, 0.29) is 5.82 Å². The van der Waals surface area contributed by atoms with E-state index >= 15 is 0 Å². The number of H-pyrrole nitrogens is 1. The molecule has 27 heavy (non-hydrogen) atoms. The van der Waals surface area contributed by atoms with Crippen molar-refractivity contribution in [1.29, 1.82) is 0 Å². The average molecular weight is 357 g/mol. The lowest BCUT2D eigenvalue weighted by Gasteiger charge is -2.04. The van der Waals surface area contributed by atoms with Gasteiger partial charge in [0.2, 0.25) is 0 Å². The lowest BCUT2D eigenvalue weighted by atomic mass is 10.0. The Morgan fingerprint density at radius 3 is 2.41 bits per heavy atom. The fourth-order valence-corrected chi connectivity index (χ4v) is 3.00. The fourth-order valence-electron chi connectivity index (χ4n) is 3.00. The zero-order valence-corrected chi connectivity index (χ0v) is 14.3. The Balaban J connectivity index is 1.72. The molecule has 4 rings (SSSR count). The number of aromatic amines is 1. The molecule has 4 aromatic rings. The summed E-state index contributed by atoms with van der Waals surface area (Å²) in [6.07, 6.45) is 1.57.